The van der Waals surface area contributed by atoms with Gasteiger partial charge >= 0.3 is 0 Å². The maximum Gasteiger partial charge on any atom is 0.251 e. The first-order valence-electron chi connectivity index (χ1n) is 11.4. The summed E-state index contributed by atoms with van der Waals surface area (Å²) < 4.78 is 2.00. The van der Waals surface area contributed by atoms with Gasteiger partial charge in [-0.3, -0.25) is 9.59 Å². The molecule has 3 aromatic rings. The zero-order chi connectivity index (χ0) is 24.4. The van der Waals surface area contributed by atoms with E-state index in [9.17, 15) is 9.59 Å². The lowest BCUT2D eigenvalue weighted by Crippen LogP contribution is -2.20. The van der Waals surface area contributed by atoms with E-state index in [1.165, 1.54) is 23.1 Å². The van der Waals surface area contributed by atoms with Crippen LogP contribution in [0.2, 0.25) is 0 Å². The molecule has 2 heterocycles. The van der Waals surface area contributed by atoms with Gasteiger partial charge in [0, 0.05) is 36.8 Å². The number of rotatable bonds is 8. The maximum absolute atomic E-state index is 12.8. The number of thiophene rings is 1. The van der Waals surface area contributed by atoms with Crippen LogP contribution in [0.25, 0.3) is 11.4 Å². The van der Waals surface area contributed by atoms with E-state index in [-0.39, 0.29) is 11.7 Å². The number of hydrogen-bond donors (Lipinski definition) is 2. The van der Waals surface area contributed by atoms with Crippen LogP contribution in [0.5, 0.6) is 0 Å². The van der Waals surface area contributed by atoms with Crippen LogP contribution in [0, 0.1) is 5.92 Å². The summed E-state index contributed by atoms with van der Waals surface area (Å²) in [6.45, 7) is 4.92. The van der Waals surface area contributed by atoms with E-state index < -0.39 is 5.91 Å². The predicted octanol–water partition coefficient (Wildman–Crippen LogP) is 4.05. The highest BCUT2D eigenvalue weighted by Gasteiger charge is 2.27. The van der Waals surface area contributed by atoms with E-state index in [0.29, 0.717) is 28.2 Å². The van der Waals surface area contributed by atoms with Gasteiger partial charge in [-0.15, -0.1) is 21.5 Å². The first kappa shape index (κ1) is 24.3. The van der Waals surface area contributed by atoms with Gasteiger partial charge in [-0.05, 0) is 61.9 Å². The summed E-state index contributed by atoms with van der Waals surface area (Å²) in [6.07, 6.45) is 2.77. The smallest absolute Gasteiger partial charge is 0.251 e. The third kappa shape index (κ3) is 4.97. The summed E-state index contributed by atoms with van der Waals surface area (Å²) in [4.78, 5) is 28.1. The normalized spacial score (nSPS) is 15.1. The standard InChI is InChI=1S/C24H30N6O2S2/c1-5-30-22(15-7-9-16(10-8-15)29(3)4)27-28-24(30)33-13-19(31)26-23-20(21(25)32)17-11-6-14(2)12-18(17)34-23/h7-10,14H,5-6,11-13H2,1-4H3,(H2,25,32)(H,26,31). The van der Waals surface area contributed by atoms with Crippen molar-refractivity contribution < 1.29 is 9.59 Å². The first-order valence-corrected chi connectivity index (χ1v) is 13.2. The van der Waals surface area contributed by atoms with Gasteiger partial charge in [0.1, 0.15) is 5.00 Å². The van der Waals surface area contributed by atoms with E-state index in [2.05, 4.69) is 22.4 Å². The highest BCUT2D eigenvalue weighted by Crippen LogP contribution is 2.39. The van der Waals surface area contributed by atoms with Crippen molar-refractivity contribution in [3.63, 3.8) is 0 Å². The average Bonchev–Trinajstić information content (AvgIpc) is 3.37. The minimum atomic E-state index is -0.481. The molecule has 2 amide bonds. The molecule has 4 rings (SSSR count). The molecule has 1 aliphatic rings. The molecule has 1 aromatic carbocycles. The van der Waals surface area contributed by atoms with Crippen LogP contribution in [-0.4, -0.2) is 46.4 Å². The number of primary amides is 1. The fourth-order valence-electron chi connectivity index (χ4n) is 4.20. The number of amides is 2. The Balaban J connectivity index is 1.46. The van der Waals surface area contributed by atoms with Crippen molar-refractivity contribution in [1.82, 2.24) is 14.8 Å². The van der Waals surface area contributed by atoms with Crippen LogP contribution in [0.15, 0.2) is 29.4 Å². The molecule has 1 atom stereocenters. The fourth-order valence-corrected chi connectivity index (χ4v) is 6.43. The minimum absolute atomic E-state index is 0.162. The lowest BCUT2D eigenvalue weighted by Gasteiger charge is -2.18. The number of aromatic nitrogens is 3. The highest BCUT2D eigenvalue weighted by atomic mass is 32.2. The van der Waals surface area contributed by atoms with E-state index >= 15 is 0 Å². The maximum atomic E-state index is 12.8. The molecule has 8 nitrogen and oxygen atoms in total. The lowest BCUT2D eigenvalue weighted by molar-refractivity contribution is -0.113. The number of fused-ring (bicyclic) bond motifs is 1. The summed E-state index contributed by atoms with van der Waals surface area (Å²) in [5.41, 5.74) is 9.23. The Hall–Kier alpha value is -2.85. The molecular formula is C24H30N6O2S2. The number of hydrogen-bond acceptors (Lipinski definition) is 7. The van der Waals surface area contributed by atoms with E-state index in [0.717, 1.165) is 46.8 Å². The Morgan fingerprint density at radius 1 is 1.26 bits per heavy atom. The van der Waals surface area contributed by atoms with E-state index in [4.69, 9.17) is 5.73 Å². The van der Waals surface area contributed by atoms with Crippen LogP contribution >= 0.6 is 23.1 Å². The topological polar surface area (TPSA) is 106 Å². The fraction of sp³-hybridized carbons (Fsp3) is 0.417. The number of carbonyl (C=O) groups excluding carboxylic acids is 2. The number of carbonyl (C=O) groups is 2. The molecule has 0 saturated heterocycles. The molecular weight excluding hydrogens is 468 g/mol. The average molecular weight is 499 g/mol. The highest BCUT2D eigenvalue weighted by molar-refractivity contribution is 7.99. The van der Waals surface area contributed by atoms with Crippen LogP contribution in [0.4, 0.5) is 10.7 Å². The number of anilines is 2. The molecule has 34 heavy (non-hydrogen) atoms. The quantitative estimate of drug-likeness (QED) is 0.454. The van der Waals surface area contributed by atoms with Gasteiger partial charge in [0.05, 0.1) is 11.3 Å². The molecule has 2 aromatic heterocycles. The molecule has 1 aliphatic carbocycles. The van der Waals surface area contributed by atoms with Crippen LogP contribution in [0.1, 0.15) is 41.1 Å². The first-order chi connectivity index (χ1) is 16.3. The van der Waals surface area contributed by atoms with Gasteiger partial charge in [-0.1, -0.05) is 18.7 Å². The number of thioether (sulfide) groups is 1. The molecule has 0 spiro atoms. The third-order valence-corrected chi connectivity index (χ3v) is 8.15. The zero-order valence-electron chi connectivity index (χ0n) is 19.9. The number of benzene rings is 1. The number of nitrogens with zero attached hydrogens (tertiary/aromatic N) is 4. The van der Waals surface area contributed by atoms with Crippen molar-refractivity contribution in [2.24, 2.45) is 11.7 Å². The summed E-state index contributed by atoms with van der Waals surface area (Å²) in [5, 5.41) is 12.9. The summed E-state index contributed by atoms with van der Waals surface area (Å²) in [5.74, 6) is 0.827. The largest absolute Gasteiger partial charge is 0.378 e. The third-order valence-electron chi connectivity index (χ3n) is 6.02. The number of nitrogens with two attached hydrogens (primary N) is 1. The van der Waals surface area contributed by atoms with Gasteiger partial charge in [0.25, 0.3) is 5.91 Å². The van der Waals surface area contributed by atoms with Crippen molar-refractivity contribution in [3.8, 4) is 11.4 Å². The molecule has 0 fully saturated rings. The second kappa shape index (κ2) is 10.2. The summed E-state index contributed by atoms with van der Waals surface area (Å²) in [7, 11) is 4.00. The lowest BCUT2D eigenvalue weighted by atomic mass is 9.88. The van der Waals surface area contributed by atoms with Crippen LogP contribution in [-0.2, 0) is 24.2 Å². The van der Waals surface area contributed by atoms with Gasteiger partial charge < -0.3 is 20.5 Å². The summed E-state index contributed by atoms with van der Waals surface area (Å²) in [6, 6.07) is 8.14. The van der Waals surface area contributed by atoms with Crippen LogP contribution in [0.3, 0.4) is 0 Å². The monoisotopic (exact) mass is 498 g/mol. The molecule has 10 heteroatoms. The number of nitrogens with one attached hydrogen (secondary N) is 1. The Labute approximate surface area is 207 Å². The SMILES string of the molecule is CCn1c(SCC(=O)Nc2sc3c(c2C(N)=O)CCC(C)C3)nnc1-c1ccc(N(C)C)cc1. The van der Waals surface area contributed by atoms with Crippen LogP contribution < -0.4 is 16.0 Å². The van der Waals surface area contributed by atoms with Gasteiger partial charge in [0.2, 0.25) is 5.91 Å². The van der Waals surface area contributed by atoms with Gasteiger partial charge in [-0.2, -0.15) is 0 Å². The van der Waals surface area contributed by atoms with Gasteiger partial charge in [0.15, 0.2) is 11.0 Å². The Bertz CT molecular complexity index is 1200. The zero-order valence-corrected chi connectivity index (χ0v) is 21.6. The molecule has 0 radical (unpaired) electrons. The van der Waals surface area contributed by atoms with Crippen molar-refractivity contribution in [1.29, 1.82) is 0 Å². The van der Waals surface area contributed by atoms with Crippen molar-refractivity contribution in [3.05, 3.63) is 40.3 Å². The molecule has 0 bridgehead atoms. The Morgan fingerprint density at radius 2 is 2.00 bits per heavy atom. The van der Waals surface area contributed by atoms with Crippen molar-refractivity contribution in [2.45, 2.75) is 44.8 Å². The van der Waals surface area contributed by atoms with Gasteiger partial charge in [-0.25, -0.2) is 0 Å². The molecule has 0 saturated carbocycles. The van der Waals surface area contributed by atoms with E-state index in [1.807, 2.05) is 54.8 Å². The molecule has 0 aliphatic heterocycles. The molecule has 1 unspecified atom stereocenters. The second-order valence-electron chi connectivity index (χ2n) is 8.75. The van der Waals surface area contributed by atoms with Crippen molar-refractivity contribution >= 4 is 45.6 Å². The molecule has 180 valence electrons. The second-order valence-corrected chi connectivity index (χ2v) is 10.8. The Kier molecular flexibility index (Phi) is 7.27. The Morgan fingerprint density at radius 3 is 2.65 bits per heavy atom. The predicted molar refractivity (Wildman–Crippen MR) is 139 cm³/mol. The summed E-state index contributed by atoms with van der Waals surface area (Å²) >= 11 is 2.81. The van der Waals surface area contributed by atoms with E-state index in [1.54, 1.807) is 0 Å². The minimum Gasteiger partial charge on any atom is -0.378 e. The van der Waals surface area contributed by atoms with Crippen molar-refractivity contribution in [2.75, 3.05) is 30.1 Å². The molecule has 3 N–H and O–H groups in total.